The number of ether oxygens (including phenoxy) is 1. The lowest BCUT2D eigenvalue weighted by atomic mass is 10.2. The monoisotopic (exact) mass is 116 g/mol. The van der Waals surface area contributed by atoms with Gasteiger partial charge in [0.25, 0.3) is 0 Å². The third-order valence-corrected chi connectivity index (χ3v) is 0.925. The van der Waals surface area contributed by atoms with Crippen LogP contribution in [0.1, 0.15) is 13.3 Å². The Kier molecular flexibility index (Phi) is 3.28. The van der Waals surface area contributed by atoms with Gasteiger partial charge in [-0.3, -0.25) is 0 Å². The first-order valence-electron chi connectivity index (χ1n) is 2.56. The third kappa shape index (κ3) is 3.68. The van der Waals surface area contributed by atoms with E-state index in [1.54, 1.807) is 7.11 Å². The standard InChI is InChI=1S/C6H12O2/c1-5(7)4-6(2)8-3/h6-7H,1,4H2,2-3H3/t6-/m1/s1. The Morgan fingerprint density at radius 1 is 1.88 bits per heavy atom. The fourth-order valence-electron chi connectivity index (χ4n) is 0.415. The van der Waals surface area contributed by atoms with Crippen LogP contribution in [0, 0.1) is 0 Å². The maximum Gasteiger partial charge on any atom is 0.0876 e. The van der Waals surface area contributed by atoms with Crippen molar-refractivity contribution in [2.24, 2.45) is 0 Å². The molecule has 0 aliphatic carbocycles. The zero-order valence-electron chi connectivity index (χ0n) is 5.35. The molecule has 0 bridgehead atoms. The minimum Gasteiger partial charge on any atom is -0.513 e. The maximum atomic E-state index is 8.58. The fraction of sp³-hybridized carbons (Fsp3) is 0.667. The highest BCUT2D eigenvalue weighted by Gasteiger charge is 1.98. The smallest absolute Gasteiger partial charge is 0.0876 e. The van der Waals surface area contributed by atoms with E-state index >= 15 is 0 Å². The highest BCUT2D eigenvalue weighted by atomic mass is 16.5. The van der Waals surface area contributed by atoms with E-state index in [0.29, 0.717) is 6.42 Å². The van der Waals surface area contributed by atoms with Gasteiger partial charge in [0.1, 0.15) is 0 Å². The van der Waals surface area contributed by atoms with Crippen LogP contribution in [0.25, 0.3) is 0 Å². The number of aliphatic hydroxyl groups is 1. The molecule has 0 saturated heterocycles. The summed E-state index contributed by atoms with van der Waals surface area (Å²) < 4.78 is 4.84. The molecule has 2 heteroatoms. The van der Waals surface area contributed by atoms with Crippen molar-refractivity contribution in [3.8, 4) is 0 Å². The van der Waals surface area contributed by atoms with Gasteiger partial charge >= 0.3 is 0 Å². The molecule has 0 unspecified atom stereocenters. The molecule has 0 saturated carbocycles. The van der Waals surface area contributed by atoms with Crippen LogP contribution in [0.3, 0.4) is 0 Å². The van der Waals surface area contributed by atoms with Crippen LogP contribution in [0.2, 0.25) is 0 Å². The SMILES string of the molecule is C=C(O)C[C@@H](C)OC. The van der Waals surface area contributed by atoms with E-state index in [1.165, 1.54) is 0 Å². The molecule has 1 atom stereocenters. The topological polar surface area (TPSA) is 29.5 Å². The average molecular weight is 116 g/mol. The number of hydrogen-bond acceptors (Lipinski definition) is 2. The lowest BCUT2D eigenvalue weighted by Crippen LogP contribution is -2.04. The Labute approximate surface area is 49.8 Å². The molecule has 1 N–H and O–H groups in total. The van der Waals surface area contributed by atoms with Crippen molar-refractivity contribution >= 4 is 0 Å². The second-order valence-corrected chi connectivity index (χ2v) is 1.82. The van der Waals surface area contributed by atoms with Crippen molar-refractivity contribution in [3.05, 3.63) is 12.3 Å². The summed E-state index contributed by atoms with van der Waals surface area (Å²) in [5.74, 6) is 0.180. The molecule has 48 valence electrons. The molecule has 8 heavy (non-hydrogen) atoms. The van der Waals surface area contributed by atoms with E-state index < -0.39 is 0 Å². The van der Waals surface area contributed by atoms with E-state index in [0.717, 1.165) is 0 Å². The van der Waals surface area contributed by atoms with E-state index in [-0.39, 0.29) is 11.9 Å². The average Bonchev–Trinajstić information content (AvgIpc) is 1.65. The lowest BCUT2D eigenvalue weighted by molar-refractivity contribution is 0.108. The Bertz CT molecular complexity index is 78.6. The van der Waals surface area contributed by atoms with Crippen molar-refractivity contribution in [2.45, 2.75) is 19.4 Å². The Morgan fingerprint density at radius 3 is 2.50 bits per heavy atom. The summed E-state index contributed by atoms with van der Waals surface area (Å²) >= 11 is 0. The van der Waals surface area contributed by atoms with Gasteiger partial charge in [-0.15, -0.1) is 0 Å². The molecule has 0 rings (SSSR count). The fourth-order valence-corrected chi connectivity index (χ4v) is 0.415. The Hall–Kier alpha value is -0.500. The molecule has 0 spiro atoms. The third-order valence-electron chi connectivity index (χ3n) is 0.925. The summed E-state index contributed by atoms with van der Waals surface area (Å²) in [5, 5.41) is 8.58. The van der Waals surface area contributed by atoms with Gasteiger partial charge in [-0.2, -0.15) is 0 Å². The summed E-state index contributed by atoms with van der Waals surface area (Å²) in [6, 6.07) is 0. The second kappa shape index (κ2) is 3.50. The molecule has 0 aromatic carbocycles. The van der Waals surface area contributed by atoms with Crippen LogP contribution in [-0.2, 0) is 4.74 Å². The largest absolute Gasteiger partial charge is 0.513 e. The van der Waals surface area contributed by atoms with Crippen LogP contribution in [0.4, 0.5) is 0 Å². The van der Waals surface area contributed by atoms with Crippen LogP contribution in [0.5, 0.6) is 0 Å². The number of hydrogen-bond donors (Lipinski definition) is 1. The first kappa shape index (κ1) is 7.50. The molecule has 0 aliphatic heterocycles. The number of methoxy groups -OCH3 is 1. The van der Waals surface area contributed by atoms with Crippen molar-refractivity contribution in [1.29, 1.82) is 0 Å². The van der Waals surface area contributed by atoms with E-state index in [9.17, 15) is 0 Å². The minimum absolute atomic E-state index is 0.0764. The Balaban J connectivity index is 3.24. The molecule has 2 nitrogen and oxygen atoms in total. The normalized spacial score (nSPS) is 13.2. The van der Waals surface area contributed by atoms with Gasteiger partial charge < -0.3 is 9.84 Å². The predicted molar refractivity (Wildman–Crippen MR) is 32.9 cm³/mol. The highest BCUT2D eigenvalue weighted by Crippen LogP contribution is 2.00. The molecule has 0 amide bonds. The van der Waals surface area contributed by atoms with E-state index in [4.69, 9.17) is 9.84 Å². The van der Waals surface area contributed by atoms with E-state index in [1.807, 2.05) is 6.92 Å². The minimum atomic E-state index is 0.0764. The second-order valence-electron chi connectivity index (χ2n) is 1.82. The molecule has 0 aromatic heterocycles. The molecule has 0 fully saturated rings. The maximum absolute atomic E-state index is 8.58. The van der Waals surface area contributed by atoms with Gasteiger partial charge in [0.2, 0.25) is 0 Å². The van der Waals surface area contributed by atoms with Gasteiger partial charge in [-0.1, -0.05) is 6.58 Å². The predicted octanol–water partition coefficient (Wildman–Crippen LogP) is 1.48. The summed E-state index contributed by atoms with van der Waals surface area (Å²) in [4.78, 5) is 0. The van der Waals surface area contributed by atoms with Crippen molar-refractivity contribution < 1.29 is 9.84 Å². The van der Waals surface area contributed by atoms with E-state index in [2.05, 4.69) is 6.58 Å². The van der Waals surface area contributed by atoms with Crippen molar-refractivity contribution in [3.63, 3.8) is 0 Å². The zero-order valence-corrected chi connectivity index (χ0v) is 5.35. The van der Waals surface area contributed by atoms with Crippen molar-refractivity contribution in [1.82, 2.24) is 0 Å². The molecule has 0 aromatic rings. The summed E-state index contributed by atoms with van der Waals surface area (Å²) in [7, 11) is 1.60. The lowest BCUT2D eigenvalue weighted by Gasteiger charge is -2.05. The first-order chi connectivity index (χ1) is 3.66. The van der Waals surface area contributed by atoms with Gasteiger partial charge in [0.05, 0.1) is 11.9 Å². The quantitative estimate of drug-likeness (QED) is 0.566. The Morgan fingerprint density at radius 2 is 2.38 bits per heavy atom. The number of rotatable bonds is 3. The summed E-state index contributed by atoms with van der Waals surface area (Å²) in [5.41, 5.74) is 0. The van der Waals surface area contributed by atoms with Gasteiger partial charge in [0.15, 0.2) is 0 Å². The van der Waals surface area contributed by atoms with Crippen LogP contribution >= 0.6 is 0 Å². The molecule has 0 heterocycles. The molecular formula is C6H12O2. The van der Waals surface area contributed by atoms with Crippen LogP contribution in [0.15, 0.2) is 12.3 Å². The number of aliphatic hydroxyl groups excluding tert-OH is 1. The summed E-state index contributed by atoms with van der Waals surface area (Å²) in [6.45, 7) is 5.20. The molecule has 0 radical (unpaired) electrons. The van der Waals surface area contributed by atoms with Crippen LogP contribution in [-0.4, -0.2) is 18.3 Å². The molecular weight excluding hydrogens is 104 g/mol. The molecule has 0 aliphatic rings. The highest BCUT2D eigenvalue weighted by molar-refractivity contribution is 4.80. The van der Waals surface area contributed by atoms with Crippen LogP contribution < -0.4 is 0 Å². The first-order valence-corrected chi connectivity index (χ1v) is 2.56. The van der Waals surface area contributed by atoms with Gasteiger partial charge in [-0.05, 0) is 6.92 Å². The summed E-state index contributed by atoms with van der Waals surface area (Å²) in [6.07, 6.45) is 0.601. The van der Waals surface area contributed by atoms with Gasteiger partial charge in [0, 0.05) is 13.5 Å². The zero-order chi connectivity index (χ0) is 6.57. The van der Waals surface area contributed by atoms with Crippen molar-refractivity contribution in [2.75, 3.05) is 7.11 Å². The van der Waals surface area contributed by atoms with Gasteiger partial charge in [-0.25, -0.2) is 0 Å².